The van der Waals surface area contributed by atoms with E-state index in [9.17, 15) is 0 Å². The molecule has 0 fully saturated rings. The largest absolute Gasteiger partial charge is 0.497 e. The molecule has 2 rings (SSSR count). The molecule has 0 spiro atoms. The molecular weight excluding hydrogens is 300 g/mol. The minimum atomic E-state index is 0.559. The van der Waals surface area contributed by atoms with Gasteiger partial charge >= 0.3 is 0 Å². The average molecular weight is 320 g/mol. The predicted octanol–water partition coefficient (Wildman–Crippen LogP) is 2.28. The van der Waals surface area contributed by atoms with Crippen LogP contribution in [0.15, 0.2) is 36.7 Å². The van der Waals surface area contributed by atoms with Crippen LogP contribution in [-0.4, -0.2) is 35.7 Å². The first kappa shape index (κ1) is 16.1. The molecule has 118 valence electrons. The van der Waals surface area contributed by atoms with Gasteiger partial charge in [0.1, 0.15) is 11.5 Å². The molecule has 0 radical (unpaired) electrons. The van der Waals surface area contributed by atoms with Gasteiger partial charge in [-0.25, -0.2) is 0 Å². The van der Waals surface area contributed by atoms with E-state index in [0.717, 1.165) is 30.9 Å². The average Bonchev–Trinajstić information content (AvgIpc) is 3.05. The van der Waals surface area contributed by atoms with Crippen LogP contribution in [0.3, 0.4) is 0 Å². The third kappa shape index (κ3) is 4.63. The van der Waals surface area contributed by atoms with Crippen LogP contribution in [0.2, 0.25) is 0 Å². The molecule has 0 aliphatic rings. The minimum absolute atomic E-state index is 0.559. The number of aryl methyl sites for hydroxylation is 1. The van der Waals surface area contributed by atoms with Crippen molar-refractivity contribution in [3.8, 4) is 11.5 Å². The number of hydrogen-bond acceptors (Lipinski definition) is 4. The van der Waals surface area contributed by atoms with Crippen molar-refractivity contribution in [2.24, 2.45) is 0 Å². The standard InChI is InChI=1S/C15H20N4O2S/c1-20-12-5-6-13(14(11-12)21-2)18-15(22)16-7-3-9-19-10-4-8-17-19/h4-6,8,10-11H,3,7,9H2,1-2H3,(H2,16,18,22). The zero-order valence-electron chi connectivity index (χ0n) is 12.7. The van der Waals surface area contributed by atoms with Gasteiger partial charge in [0, 0.05) is 31.5 Å². The van der Waals surface area contributed by atoms with Crippen LogP contribution in [0.25, 0.3) is 0 Å². The van der Waals surface area contributed by atoms with Crippen molar-refractivity contribution in [2.75, 3.05) is 26.1 Å². The topological polar surface area (TPSA) is 60.3 Å². The molecule has 0 bridgehead atoms. The molecule has 22 heavy (non-hydrogen) atoms. The lowest BCUT2D eigenvalue weighted by Crippen LogP contribution is -2.30. The maximum absolute atomic E-state index is 5.32. The number of aromatic nitrogens is 2. The Morgan fingerprint density at radius 1 is 1.32 bits per heavy atom. The highest BCUT2D eigenvalue weighted by Gasteiger charge is 2.06. The van der Waals surface area contributed by atoms with Gasteiger partial charge in [0.05, 0.1) is 19.9 Å². The minimum Gasteiger partial charge on any atom is -0.497 e. The second kappa shape index (κ2) is 8.23. The van der Waals surface area contributed by atoms with E-state index < -0.39 is 0 Å². The summed E-state index contributed by atoms with van der Waals surface area (Å²) < 4.78 is 12.4. The number of hydrogen-bond donors (Lipinski definition) is 2. The lowest BCUT2D eigenvalue weighted by Gasteiger charge is -2.14. The number of methoxy groups -OCH3 is 2. The Bertz CT molecular complexity index is 602. The smallest absolute Gasteiger partial charge is 0.170 e. The molecule has 1 heterocycles. The SMILES string of the molecule is COc1ccc(NC(=S)NCCCn2cccn2)c(OC)c1. The summed E-state index contributed by atoms with van der Waals surface area (Å²) in [6.07, 6.45) is 4.65. The van der Waals surface area contributed by atoms with Gasteiger partial charge in [0.2, 0.25) is 0 Å². The number of nitrogens with one attached hydrogen (secondary N) is 2. The summed E-state index contributed by atoms with van der Waals surface area (Å²) in [6, 6.07) is 7.44. The van der Waals surface area contributed by atoms with Crippen LogP contribution >= 0.6 is 12.2 Å². The number of rotatable bonds is 7. The van der Waals surface area contributed by atoms with E-state index in [1.807, 2.05) is 35.1 Å². The van der Waals surface area contributed by atoms with Gasteiger partial charge in [-0.3, -0.25) is 4.68 Å². The molecule has 0 saturated heterocycles. The van der Waals surface area contributed by atoms with Gasteiger partial charge in [-0.15, -0.1) is 0 Å². The summed E-state index contributed by atoms with van der Waals surface area (Å²) in [4.78, 5) is 0. The van der Waals surface area contributed by atoms with Crippen molar-refractivity contribution in [1.82, 2.24) is 15.1 Å². The second-order valence-corrected chi connectivity index (χ2v) is 4.98. The number of anilines is 1. The lowest BCUT2D eigenvalue weighted by atomic mass is 10.2. The molecule has 0 aliphatic heterocycles. The molecule has 1 aromatic heterocycles. The predicted molar refractivity (Wildman–Crippen MR) is 90.6 cm³/mol. The summed E-state index contributed by atoms with van der Waals surface area (Å²) in [7, 11) is 3.23. The van der Waals surface area contributed by atoms with Gasteiger partial charge in [-0.05, 0) is 36.8 Å². The highest BCUT2D eigenvalue weighted by Crippen LogP contribution is 2.28. The van der Waals surface area contributed by atoms with E-state index in [0.29, 0.717) is 10.9 Å². The molecule has 0 saturated carbocycles. The van der Waals surface area contributed by atoms with Crippen LogP contribution in [0.1, 0.15) is 6.42 Å². The van der Waals surface area contributed by atoms with Crippen molar-refractivity contribution in [2.45, 2.75) is 13.0 Å². The molecule has 0 unspecified atom stereocenters. The van der Waals surface area contributed by atoms with Gasteiger partial charge < -0.3 is 20.1 Å². The van der Waals surface area contributed by atoms with E-state index in [2.05, 4.69) is 15.7 Å². The van der Waals surface area contributed by atoms with Crippen LogP contribution in [0, 0.1) is 0 Å². The van der Waals surface area contributed by atoms with E-state index in [4.69, 9.17) is 21.7 Å². The van der Waals surface area contributed by atoms with Crippen molar-refractivity contribution >= 4 is 23.0 Å². The normalized spacial score (nSPS) is 10.1. The summed E-state index contributed by atoms with van der Waals surface area (Å²) in [6.45, 7) is 1.62. The molecule has 2 N–H and O–H groups in total. The fraction of sp³-hybridized carbons (Fsp3) is 0.333. The highest BCUT2D eigenvalue weighted by molar-refractivity contribution is 7.80. The van der Waals surface area contributed by atoms with Gasteiger partial charge in [0.15, 0.2) is 5.11 Å². The number of ether oxygens (including phenoxy) is 2. The number of benzene rings is 1. The zero-order valence-corrected chi connectivity index (χ0v) is 13.5. The third-order valence-electron chi connectivity index (χ3n) is 3.07. The molecule has 0 atom stereocenters. The van der Waals surface area contributed by atoms with Gasteiger partial charge in [-0.1, -0.05) is 0 Å². The molecule has 0 amide bonds. The Labute approximate surface area is 135 Å². The quantitative estimate of drug-likeness (QED) is 0.603. The fourth-order valence-corrected chi connectivity index (χ4v) is 2.16. The van der Waals surface area contributed by atoms with Crippen molar-refractivity contribution in [3.05, 3.63) is 36.7 Å². The Kier molecular flexibility index (Phi) is 6.02. The molecular formula is C15H20N4O2S. The Hall–Kier alpha value is -2.28. The number of nitrogens with zero attached hydrogens (tertiary/aromatic N) is 2. The number of thiocarbonyl (C=S) groups is 1. The van der Waals surface area contributed by atoms with E-state index >= 15 is 0 Å². The maximum Gasteiger partial charge on any atom is 0.170 e. The van der Waals surface area contributed by atoms with Crippen LogP contribution < -0.4 is 20.1 Å². The Balaban J connectivity index is 1.79. The first-order chi connectivity index (χ1) is 10.7. The molecule has 0 aliphatic carbocycles. The zero-order chi connectivity index (χ0) is 15.8. The summed E-state index contributed by atoms with van der Waals surface area (Å²) in [5.41, 5.74) is 0.799. The third-order valence-corrected chi connectivity index (χ3v) is 3.31. The van der Waals surface area contributed by atoms with Crippen LogP contribution in [0.4, 0.5) is 5.69 Å². The molecule has 1 aromatic carbocycles. The van der Waals surface area contributed by atoms with Gasteiger partial charge in [0.25, 0.3) is 0 Å². The first-order valence-electron chi connectivity index (χ1n) is 6.97. The first-order valence-corrected chi connectivity index (χ1v) is 7.38. The molecule has 6 nitrogen and oxygen atoms in total. The maximum atomic E-state index is 5.32. The van der Waals surface area contributed by atoms with E-state index in [-0.39, 0.29) is 0 Å². The van der Waals surface area contributed by atoms with Crippen molar-refractivity contribution < 1.29 is 9.47 Å². The van der Waals surface area contributed by atoms with E-state index in [1.165, 1.54) is 0 Å². The van der Waals surface area contributed by atoms with Gasteiger partial charge in [-0.2, -0.15) is 5.10 Å². The van der Waals surface area contributed by atoms with Crippen LogP contribution in [0.5, 0.6) is 11.5 Å². The monoisotopic (exact) mass is 320 g/mol. The lowest BCUT2D eigenvalue weighted by molar-refractivity contribution is 0.395. The molecule has 7 heteroatoms. The fourth-order valence-electron chi connectivity index (χ4n) is 1.94. The van der Waals surface area contributed by atoms with E-state index in [1.54, 1.807) is 20.4 Å². The summed E-state index contributed by atoms with van der Waals surface area (Å²) >= 11 is 5.29. The molecule has 2 aromatic rings. The van der Waals surface area contributed by atoms with Crippen LogP contribution in [-0.2, 0) is 6.54 Å². The van der Waals surface area contributed by atoms with Crippen molar-refractivity contribution in [3.63, 3.8) is 0 Å². The van der Waals surface area contributed by atoms with Crippen molar-refractivity contribution in [1.29, 1.82) is 0 Å². The highest BCUT2D eigenvalue weighted by atomic mass is 32.1. The summed E-state index contributed by atoms with van der Waals surface area (Å²) in [5.74, 6) is 1.42. The Morgan fingerprint density at radius 3 is 2.86 bits per heavy atom. The Morgan fingerprint density at radius 2 is 2.18 bits per heavy atom. The second-order valence-electron chi connectivity index (χ2n) is 4.57. The summed E-state index contributed by atoms with van der Waals surface area (Å²) in [5, 5.41) is 11.0.